The molecule has 0 saturated carbocycles. The van der Waals surface area contributed by atoms with Crippen LogP contribution in [-0.4, -0.2) is 45.5 Å². The van der Waals surface area contributed by atoms with Crippen molar-refractivity contribution in [2.75, 3.05) is 13.1 Å². The summed E-state index contributed by atoms with van der Waals surface area (Å²) in [6.07, 6.45) is 4.91. The first-order valence-electron chi connectivity index (χ1n) is 8.91. The fourth-order valence-corrected chi connectivity index (χ4v) is 3.23. The molecule has 2 heterocycles. The Balaban J connectivity index is 1.82. The van der Waals surface area contributed by atoms with Gasteiger partial charge >= 0.3 is 0 Å². The van der Waals surface area contributed by atoms with E-state index in [1.54, 1.807) is 34.1 Å². The SMILES string of the molecule is CC(=O)NCc1cnn(-c2ccccc2C(=O)N2CCC[C@H](C(N)=O)C2)c1. The third-order valence-corrected chi connectivity index (χ3v) is 4.67. The van der Waals surface area contributed by atoms with Crippen molar-refractivity contribution < 1.29 is 14.4 Å². The van der Waals surface area contributed by atoms with Crippen LogP contribution in [0.15, 0.2) is 36.7 Å². The minimum Gasteiger partial charge on any atom is -0.369 e. The number of hydrogen-bond donors (Lipinski definition) is 2. The van der Waals surface area contributed by atoms with Crippen LogP contribution >= 0.6 is 0 Å². The van der Waals surface area contributed by atoms with E-state index < -0.39 is 0 Å². The van der Waals surface area contributed by atoms with Gasteiger partial charge in [0.1, 0.15) is 0 Å². The number of aromatic nitrogens is 2. The zero-order valence-corrected chi connectivity index (χ0v) is 15.2. The summed E-state index contributed by atoms with van der Waals surface area (Å²) in [5.41, 5.74) is 7.41. The Hall–Kier alpha value is -3.16. The summed E-state index contributed by atoms with van der Waals surface area (Å²) < 4.78 is 1.62. The summed E-state index contributed by atoms with van der Waals surface area (Å²) in [4.78, 5) is 37.3. The molecule has 1 aliphatic rings. The first-order valence-corrected chi connectivity index (χ1v) is 8.91. The number of piperidine rings is 1. The molecule has 142 valence electrons. The first-order chi connectivity index (χ1) is 13.0. The summed E-state index contributed by atoms with van der Waals surface area (Å²) in [5, 5.41) is 7.04. The normalized spacial score (nSPS) is 16.8. The van der Waals surface area contributed by atoms with Gasteiger partial charge in [-0.2, -0.15) is 5.10 Å². The molecule has 8 nitrogen and oxygen atoms in total. The predicted octanol–water partition coefficient (Wildman–Crippen LogP) is 0.846. The Morgan fingerprint density at radius 1 is 1.30 bits per heavy atom. The second-order valence-corrected chi connectivity index (χ2v) is 6.71. The van der Waals surface area contributed by atoms with Gasteiger partial charge in [0.15, 0.2) is 0 Å². The van der Waals surface area contributed by atoms with Crippen molar-refractivity contribution in [1.82, 2.24) is 20.0 Å². The number of amides is 3. The van der Waals surface area contributed by atoms with Crippen molar-refractivity contribution >= 4 is 17.7 Å². The molecule has 1 aromatic carbocycles. The maximum absolute atomic E-state index is 13.1. The molecule has 1 aromatic heterocycles. The third-order valence-electron chi connectivity index (χ3n) is 4.67. The number of carbonyl (C=O) groups excluding carboxylic acids is 3. The molecular weight excluding hydrogens is 346 g/mol. The summed E-state index contributed by atoms with van der Waals surface area (Å²) in [6.45, 7) is 2.77. The fraction of sp³-hybridized carbons (Fsp3) is 0.368. The van der Waals surface area contributed by atoms with Crippen LogP contribution in [0.4, 0.5) is 0 Å². The van der Waals surface area contributed by atoms with Crippen LogP contribution in [0.5, 0.6) is 0 Å². The Morgan fingerprint density at radius 2 is 2.07 bits per heavy atom. The van der Waals surface area contributed by atoms with Crippen molar-refractivity contribution in [3.05, 3.63) is 47.8 Å². The number of hydrogen-bond acceptors (Lipinski definition) is 4. The van der Waals surface area contributed by atoms with Crippen LogP contribution in [-0.2, 0) is 16.1 Å². The Morgan fingerprint density at radius 3 is 2.81 bits per heavy atom. The third kappa shape index (κ3) is 4.33. The number of carbonyl (C=O) groups is 3. The van der Waals surface area contributed by atoms with Gasteiger partial charge in [0.2, 0.25) is 11.8 Å². The highest BCUT2D eigenvalue weighted by molar-refractivity contribution is 5.98. The molecule has 8 heteroatoms. The van der Waals surface area contributed by atoms with Gasteiger partial charge in [-0.15, -0.1) is 0 Å². The average Bonchev–Trinajstić information content (AvgIpc) is 3.15. The highest BCUT2D eigenvalue weighted by Crippen LogP contribution is 2.22. The number of para-hydroxylation sites is 1. The van der Waals surface area contributed by atoms with Crippen LogP contribution < -0.4 is 11.1 Å². The number of nitrogens with two attached hydrogens (primary N) is 1. The topological polar surface area (TPSA) is 110 Å². The van der Waals surface area contributed by atoms with Crippen molar-refractivity contribution in [3.63, 3.8) is 0 Å². The lowest BCUT2D eigenvalue weighted by Gasteiger charge is -2.31. The minimum atomic E-state index is -0.365. The van der Waals surface area contributed by atoms with Gasteiger partial charge < -0.3 is 16.0 Å². The largest absolute Gasteiger partial charge is 0.369 e. The van der Waals surface area contributed by atoms with E-state index in [0.29, 0.717) is 37.3 Å². The van der Waals surface area contributed by atoms with Gasteiger partial charge in [-0.25, -0.2) is 4.68 Å². The van der Waals surface area contributed by atoms with E-state index in [2.05, 4.69) is 10.4 Å². The number of nitrogens with zero attached hydrogens (tertiary/aromatic N) is 3. The minimum absolute atomic E-state index is 0.118. The van der Waals surface area contributed by atoms with Gasteiger partial charge in [0, 0.05) is 38.3 Å². The van der Waals surface area contributed by atoms with Crippen LogP contribution in [0.3, 0.4) is 0 Å². The number of rotatable bonds is 5. The molecule has 1 atom stereocenters. The highest BCUT2D eigenvalue weighted by atomic mass is 16.2. The zero-order valence-electron chi connectivity index (χ0n) is 15.2. The number of likely N-dealkylation sites (tertiary alicyclic amines) is 1. The molecule has 3 N–H and O–H groups in total. The monoisotopic (exact) mass is 369 g/mol. The van der Waals surface area contributed by atoms with Crippen LogP contribution in [0.2, 0.25) is 0 Å². The quantitative estimate of drug-likeness (QED) is 0.814. The molecule has 3 amide bonds. The van der Waals surface area contributed by atoms with E-state index in [1.165, 1.54) is 6.92 Å². The van der Waals surface area contributed by atoms with E-state index in [9.17, 15) is 14.4 Å². The maximum Gasteiger partial charge on any atom is 0.256 e. The van der Waals surface area contributed by atoms with E-state index in [-0.39, 0.29) is 23.6 Å². The molecule has 0 unspecified atom stereocenters. The van der Waals surface area contributed by atoms with Crippen molar-refractivity contribution in [2.45, 2.75) is 26.3 Å². The second-order valence-electron chi connectivity index (χ2n) is 6.71. The lowest BCUT2D eigenvalue weighted by Crippen LogP contribution is -2.44. The van der Waals surface area contributed by atoms with Gasteiger partial charge in [-0.05, 0) is 25.0 Å². The van der Waals surface area contributed by atoms with E-state index in [0.717, 1.165) is 12.0 Å². The smallest absolute Gasteiger partial charge is 0.256 e. The lowest BCUT2D eigenvalue weighted by atomic mass is 9.96. The molecule has 1 fully saturated rings. The Kier molecular flexibility index (Phi) is 5.54. The zero-order chi connectivity index (χ0) is 19.4. The van der Waals surface area contributed by atoms with Crippen molar-refractivity contribution in [2.24, 2.45) is 11.7 Å². The molecular formula is C19H23N5O3. The fourth-order valence-electron chi connectivity index (χ4n) is 3.23. The molecule has 0 aliphatic carbocycles. The summed E-state index contributed by atoms with van der Waals surface area (Å²) >= 11 is 0. The molecule has 0 bridgehead atoms. The molecule has 2 aromatic rings. The Labute approximate surface area is 157 Å². The second kappa shape index (κ2) is 8.03. The lowest BCUT2D eigenvalue weighted by molar-refractivity contribution is -0.123. The number of nitrogens with one attached hydrogen (secondary N) is 1. The first kappa shape index (κ1) is 18.6. The van der Waals surface area contributed by atoms with Gasteiger partial charge in [0.25, 0.3) is 5.91 Å². The van der Waals surface area contributed by atoms with E-state index >= 15 is 0 Å². The van der Waals surface area contributed by atoms with Crippen LogP contribution in [0.1, 0.15) is 35.7 Å². The molecule has 1 aliphatic heterocycles. The van der Waals surface area contributed by atoms with Crippen LogP contribution in [0.25, 0.3) is 5.69 Å². The molecule has 3 rings (SSSR count). The molecule has 27 heavy (non-hydrogen) atoms. The Bertz CT molecular complexity index is 861. The molecule has 1 saturated heterocycles. The summed E-state index contributed by atoms with van der Waals surface area (Å²) in [7, 11) is 0. The number of primary amides is 1. The van der Waals surface area contributed by atoms with Gasteiger partial charge in [0.05, 0.1) is 23.4 Å². The predicted molar refractivity (Wildman–Crippen MR) is 98.9 cm³/mol. The van der Waals surface area contributed by atoms with E-state index in [4.69, 9.17) is 5.73 Å². The van der Waals surface area contributed by atoms with Crippen molar-refractivity contribution in [3.8, 4) is 5.69 Å². The molecule has 0 radical (unpaired) electrons. The summed E-state index contributed by atoms with van der Waals surface area (Å²) in [6, 6.07) is 7.20. The van der Waals surface area contributed by atoms with E-state index in [1.807, 2.05) is 12.1 Å². The molecule has 0 spiro atoms. The van der Waals surface area contributed by atoms with Crippen LogP contribution in [0, 0.1) is 5.92 Å². The number of benzene rings is 1. The average molecular weight is 369 g/mol. The van der Waals surface area contributed by atoms with Crippen molar-refractivity contribution in [1.29, 1.82) is 0 Å². The standard InChI is InChI=1S/C19H23N5O3/c1-13(25)21-9-14-10-22-24(11-14)17-7-3-2-6-16(17)19(27)23-8-4-5-15(12-23)18(20)26/h2-3,6-7,10-11,15H,4-5,8-9,12H2,1H3,(H2,20,26)(H,21,25)/t15-/m0/s1. The maximum atomic E-state index is 13.1. The summed E-state index contributed by atoms with van der Waals surface area (Å²) in [5.74, 6) is -0.929. The van der Waals surface area contributed by atoms with Gasteiger partial charge in [-0.1, -0.05) is 12.1 Å². The highest BCUT2D eigenvalue weighted by Gasteiger charge is 2.28. The van der Waals surface area contributed by atoms with Gasteiger partial charge in [-0.3, -0.25) is 14.4 Å².